The first kappa shape index (κ1) is 14.3. The first-order valence-electron chi connectivity index (χ1n) is 6.10. The highest BCUT2D eigenvalue weighted by atomic mass is 35.5. The lowest BCUT2D eigenvalue weighted by Crippen LogP contribution is -1.92. The van der Waals surface area contributed by atoms with Gasteiger partial charge < -0.3 is 0 Å². The van der Waals surface area contributed by atoms with Crippen molar-refractivity contribution < 1.29 is 0 Å². The molecule has 2 heterocycles. The Morgan fingerprint density at radius 1 is 0.857 bits per heavy atom. The van der Waals surface area contributed by atoms with Crippen LogP contribution < -0.4 is 0 Å². The van der Waals surface area contributed by atoms with E-state index in [0.717, 1.165) is 15.6 Å². The van der Waals surface area contributed by atoms with Gasteiger partial charge in [0.1, 0.15) is 15.2 Å². The summed E-state index contributed by atoms with van der Waals surface area (Å²) in [6.45, 7) is 0. The van der Waals surface area contributed by atoms with Crippen molar-refractivity contribution in [3.05, 3.63) is 64.9 Å². The molecular formula is C15H9Cl2N3S. The molecule has 0 fully saturated rings. The molecule has 0 amide bonds. The van der Waals surface area contributed by atoms with Crippen LogP contribution in [-0.2, 0) is 0 Å². The van der Waals surface area contributed by atoms with E-state index in [2.05, 4.69) is 15.0 Å². The maximum absolute atomic E-state index is 6.09. The molecule has 6 heteroatoms. The summed E-state index contributed by atoms with van der Waals surface area (Å²) in [5.74, 6) is 0.597. The Bertz CT molecular complexity index is 749. The minimum Gasteiger partial charge on any atom is -0.248 e. The molecule has 0 unspecified atom stereocenters. The van der Waals surface area contributed by atoms with E-state index >= 15 is 0 Å². The maximum Gasteiger partial charge on any atom is 0.162 e. The lowest BCUT2D eigenvalue weighted by Gasteiger charge is -2.05. The monoisotopic (exact) mass is 333 g/mol. The normalized spacial score (nSPS) is 10.6. The van der Waals surface area contributed by atoms with E-state index in [4.69, 9.17) is 23.2 Å². The predicted molar refractivity (Wildman–Crippen MR) is 85.8 cm³/mol. The summed E-state index contributed by atoms with van der Waals surface area (Å²) in [6.07, 6.45) is 1.60. The van der Waals surface area contributed by atoms with E-state index in [1.807, 2.05) is 36.4 Å². The van der Waals surface area contributed by atoms with Gasteiger partial charge in [-0.05, 0) is 23.9 Å². The summed E-state index contributed by atoms with van der Waals surface area (Å²) in [5, 5.41) is 2.54. The fourth-order valence-electron chi connectivity index (χ4n) is 1.70. The number of nitrogens with zero attached hydrogens (tertiary/aromatic N) is 3. The average molecular weight is 334 g/mol. The van der Waals surface area contributed by atoms with Crippen molar-refractivity contribution in [3.8, 4) is 11.4 Å². The molecule has 3 rings (SSSR count). The number of benzene rings is 1. The van der Waals surface area contributed by atoms with Crippen LogP contribution in [-0.4, -0.2) is 15.0 Å². The fraction of sp³-hybridized carbons (Fsp3) is 0. The molecule has 0 aliphatic carbocycles. The fourth-order valence-corrected chi connectivity index (χ4v) is 2.81. The first-order chi connectivity index (χ1) is 10.2. The highest BCUT2D eigenvalue weighted by molar-refractivity contribution is 7.99. The Labute approximate surface area is 136 Å². The van der Waals surface area contributed by atoms with Crippen molar-refractivity contribution in [2.45, 2.75) is 10.1 Å². The summed E-state index contributed by atoms with van der Waals surface area (Å²) in [5.41, 5.74) is 0.922. The van der Waals surface area contributed by atoms with E-state index in [1.54, 1.807) is 18.3 Å². The highest BCUT2D eigenvalue weighted by Gasteiger charge is 2.07. The number of rotatable bonds is 3. The van der Waals surface area contributed by atoms with Crippen LogP contribution in [0, 0.1) is 0 Å². The number of hydrogen-bond donors (Lipinski definition) is 0. The van der Waals surface area contributed by atoms with E-state index in [0.29, 0.717) is 16.0 Å². The maximum atomic E-state index is 6.09. The zero-order valence-electron chi connectivity index (χ0n) is 10.7. The lowest BCUT2D eigenvalue weighted by molar-refractivity contribution is 1.05. The molecule has 21 heavy (non-hydrogen) atoms. The van der Waals surface area contributed by atoms with Gasteiger partial charge in [0.15, 0.2) is 5.82 Å². The second-order valence-corrected chi connectivity index (χ2v) is 6.00. The second kappa shape index (κ2) is 6.43. The van der Waals surface area contributed by atoms with Crippen LogP contribution in [0.2, 0.25) is 10.2 Å². The summed E-state index contributed by atoms with van der Waals surface area (Å²) >= 11 is 13.3. The number of halogens is 2. The van der Waals surface area contributed by atoms with Crippen molar-refractivity contribution in [3.63, 3.8) is 0 Å². The average Bonchev–Trinajstić information content (AvgIpc) is 2.50. The summed E-state index contributed by atoms with van der Waals surface area (Å²) in [6, 6.07) is 15.1. The smallest absolute Gasteiger partial charge is 0.162 e. The van der Waals surface area contributed by atoms with Gasteiger partial charge in [0, 0.05) is 17.8 Å². The molecule has 0 saturated heterocycles. The summed E-state index contributed by atoms with van der Waals surface area (Å²) in [4.78, 5) is 13.0. The third-order valence-electron chi connectivity index (χ3n) is 2.61. The van der Waals surface area contributed by atoms with Gasteiger partial charge in [0.05, 0.1) is 5.02 Å². The first-order valence-corrected chi connectivity index (χ1v) is 7.67. The topological polar surface area (TPSA) is 38.7 Å². The van der Waals surface area contributed by atoms with Crippen molar-refractivity contribution in [1.29, 1.82) is 0 Å². The molecule has 0 bridgehead atoms. The van der Waals surface area contributed by atoms with Crippen LogP contribution >= 0.6 is 35.0 Å². The molecule has 0 atom stereocenters. The van der Waals surface area contributed by atoms with Gasteiger partial charge in [-0.15, -0.1) is 0 Å². The molecule has 3 nitrogen and oxygen atoms in total. The van der Waals surface area contributed by atoms with Crippen molar-refractivity contribution in [2.24, 2.45) is 0 Å². The van der Waals surface area contributed by atoms with Gasteiger partial charge in [0.25, 0.3) is 0 Å². The lowest BCUT2D eigenvalue weighted by atomic mass is 10.2. The van der Waals surface area contributed by atoms with Gasteiger partial charge in [-0.2, -0.15) is 0 Å². The third-order valence-corrected chi connectivity index (χ3v) is 3.90. The molecule has 104 valence electrons. The van der Waals surface area contributed by atoms with Crippen LogP contribution in [0.15, 0.2) is 64.8 Å². The van der Waals surface area contributed by atoms with Crippen LogP contribution in [0.25, 0.3) is 11.4 Å². The van der Waals surface area contributed by atoms with E-state index in [9.17, 15) is 0 Å². The number of hydrogen-bond acceptors (Lipinski definition) is 4. The Balaban J connectivity index is 1.93. The van der Waals surface area contributed by atoms with E-state index < -0.39 is 0 Å². The molecule has 0 aliphatic rings. The summed E-state index contributed by atoms with van der Waals surface area (Å²) in [7, 11) is 0. The Kier molecular flexibility index (Phi) is 4.39. The van der Waals surface area contributed by atoms with Crippen molar-refractivity contribution >= 4 is 35.0 Å². The predicted octanol–water partition coefficient (Wildman–Crippen LogP) is 5.00. The molecule has 2 aromatic heterocycles. The van der Waals surface area contributed by atoms with Crippen LogP contribution in [0.4, 0.5) is 0 Å². The number of aromatic nitrogens is 3. The van der Waals surface area contributed by atoms with Gasteiger partial charge in [0.2, 0.25) is 0 Å². The molecule has 0 spiro atoms. The zero-order valence-corrected chi connectivity index (χ0v) is 13.0. The second-order valence-electron chi connectivity index (χ2n) is 4.14. The standard InChI is InChI=1S/C15H9Cl2N3S/c16-11-6-7-13(18-9-11)21-14-8-12(17)19-15(20-14)10-4-2-1-3-5-10/h1-9H. The van der Waals surface area contributed by atoms with E-state index in [1.165, 1.54) is 11.8 Å². The quantitative estimate of drug-likeness (QED) is 0.632. The van der Waals surface area contributed by atoms with Gasteiger partial charge in [-0.1, -0.05) is 53.5 Å². The minimum absolute atomic E-state index is 0.403. The van der Waals surface area contributed by atoms with Gasteiger partial charge in [-0.3, -0.25) is 0 Å². The molecular weight excluding hydrogens is 325 g/mol. The van der Waals surface area contributed by atoms with Crippen molar-refractivity contribution in [1.82, 2.24) is 15.0 Å². The third kappa shape index (κ3) is 3.73. The molecule has 0 saturated carbocycles. The Morgan fingerprint density at radius 2 is 1.67 bits per heavy atom. The molecule has 1 aromatic carbocycles. The van der Waals surface area contributed by atoms with Crippen LogP contribution in [0.5, 0.6) is 0 Å². The largest absolute Gasteiger partial charge is 0.248 e. The number of pyridine rings is 1. The SMILES string of the molecule is Clc1ccc(Sc2cc(Cl)nc(-c3ccccc3)n2)nc1. The van der Waals surface area contributed by atoms with E-state index in [-0.39, 0.29) is 0 Å². The minimum atomic E-state index is 0.403. The Morgan fingerprint density at radius 3 is 2.38 bits per heavy atom. The van der Waals surface area contributed by atoms with Crippen molar-refractivity contribution in [2.75, 3.05) is 0 Å². The zero-order chi connectivity index (χ0) is 14.7. The summed E-state index contributed by atoms with van der Waals surface area (Å²) < 4.78 is 0. The highest BCUT2D eigenvalue weighted by Crippen LogP contribution is 2.28. The molecule has 0 radical (unpaired) electrons. The molecule has 0 N–H and O–H groups in total. The molecule has 3 aromatic rings. The molecule has 0 aliphatic heterocycles. The van der Waals surface area contributed by atoms with Gasteiger partial charge in [-0.25, -0.2) is 15.0 Å². The Hall–Kier alpha value is -1.62. The van der Waals surface area contributed by atoms with Crippen LogP contribution in [0.3, 0.4) is 0 Å². The van der Waals surface area contributed by atoms with Crippen LogP contribution in [0.1, 0.15) is 0 Å². The van der Waals surface area contributed by atoms with Gasteiger partial charge >= 0.3 is 0 Å².